The van der Waals surface area contributed by atoms with Crippen LogP contribution in [0.2, 0.25) is 0 Å². The quantitative estimate of drug-likeness (QED) is 0.566. The summed E-state index contributed by atoms with van der Waals surface area (Å²) in [5.41, 5.74) is 5.23. The van der Waals surface area contributed by atoms with Gasteiger partial charge in [0.15, 0.2) is 4.32 Å². The summed E-state index contributed by atoms with van der Waals surface area (Å²) in [5.74, 6) is -0.0445. The molecular formula is C19H17NOS2. The zero-order valence-corrected chi connectivity index (χ0v) is 14.9. The Labute approximate surface area is 146 Å². The molecule has 0 aromatic heterocycles. The van der Waals surface area contributed by atoms with E-state index in [9.17, 15) is 4.79 Å². The molecule has 2 nitrogen and oxygen atoms in total. The molecule has 2 aromatic rings. The molecule has 1 fully saturated rings. The summed E-state index contributed by atoms with van der Waals surface area (Å²) in [6, 6.07) is 14.1. The Morgan fingerprint density at radius 3 is 2.52 bits per heavy atom. The van der Waals surface area contributed by atoms with Gasteiger partial charge in [0.25, 0.3) is 5.91 Å². The Balaban J connectivity index is 2.01. The normalized spacial score (nSPS) is 16.5. The summed E-state index contributed by atoms with van der Waals surface area (Å²) in [7, 11) is 0. The molecule has 3 rings (SSSR count). The summed E-state index contributed by atoms with van der Waals surface area (Å²) in [6.45, 7) is 6.05. The molecule has 2 aromatic carbocycles. The summed E-state index contributed by atoms with van der Waals surface area (Å²) >= 11 is 6.82. The highest BCUT2D eigenvalue weighted by Gasteiger charge is 2.34. The number of thiocarbonyl (C=S) groups is 1. The predicted molar refractivity (Wildman–Crippen MR) is 103 cm³/mol. The van der Waals surface area contributed by atoms with Crippen LogP contribution in [0.15, 0.2) is 47.4 Å². The van der Waals surface area contributed by atoms with Crippen molar-refractivity contribution < 1.29 is 4.79 Å². The second kappa shape index (κ2) is 6.30. The average molecular weight is 339 g/mol. The molecule has 0 aliphatic carbocycles. The maximum absolute atomic E-state index is 12.8. The third-order valence-corrected chi connectivity index (χ3v) is 5.18. The number of nitrogens with zero attached hydrogens (tertiary/aromatic N) is 1. The lowest BCUT2D eigenvalue weighted by molar-refractivity contribution is -0.113. The highest BCUT2D eigenvalue weighted by Crippen LogP contribution is 2.37. The molecule has 1 heterocycles. The highest BCUT2D eigenvalue weighted by atomic mass is 32.2. The lowest BCUT2D eigenvalue weighted by Gasteiger charge is -2.17. The minimum absolute atomic E-state index is 0.0445. The first-order valence-corrected chi connectivity index (χ1v) is 8.60. The third kappa shape index (κ3) is 3.09. The van der Waals surface area contributed by atoms with Gasteiger partial charge in [0.05, 0.1) is 10.6 Å². The van der Waals surface area contributed by atoms with E-state index in [1.54, 1.807) is 4.90 Å². The number of rotatable bonds is 2. The van der Waals surface area contributed by atoms with Gasteiger partial charge < -0.3 is 0 Å². The molecule has 0 radical (unpaired) electrons. The molecule has 1 amide bonds. The molecule has 1 aliphatic heterocycles. The van der Waals surface area contributed by atoms with E-state index in [0.29, 0.717) is 9.23 Å². The topological polar surface area (TPSA) is 20.3 Å². The van der Waals surface area contributed by atoms with Crippen molar-refractivity contribution >= 4 is 46.0 Å². The number of benzene rings is 2. The largest absolute Gasteiger partial charge is 0.270 e. The van der Waals surface area contributed by atoms with Crippen LogP contribution in [0.4, 0.5) is 5.69 Å². The fourth-order valence-electron chi connectivity index (χ4n) is 2.53. The van der Waals surface area contributed by atoms with E-state index in [1.807, 2.05) is 69.3 Å². The molecule has 0 N–H and O–H groups in total. The van der Waals surface area contributed by atoms with Crippen LogP contribution < -0.4 is 4.90 Å². The molecule has 0 bridgehead atoms. The van der Waals surface area contributed by atoms with Crippen molar-refractivity contribution in [3.63, 3.8) is 0 Å². The number of hydrogen-bond donors (Lipinski definition) is 0. The zero-order chi connectivity index (χ0) is 16.6. The van der Waals surface area contributed by atoms with Gasteiger partial charge in [0.1, 0.15) is 0 Å². The number of thioether (sulfide) groups is 1. The van der Waals surface area contributed by atoms with Crippen LogP contribution in [0.1, 0.15) is 22.3 Å². The first-order chi connectivity index (χ1) is 11.0. The van der Waals surface area contributed by atoms with Crippen LogP contribution in [0.25, 0.3) is 6.08 Å². The van der Waals surface area contributed by atoms with Crippen molar-refractivity contribution in [2.24, 2.45) is 0 Å². The van der Waals surface area contributed by atoms with Crippen LogP contribution in [0.5, 0.6) is 0 Å². The molecule has 0 atom stereocenters. The molecule has 116 valence electrons. The van der Waals surface area contributed by atoms with Crippen molar-refractivity contribution in [3.8, 4) is 0 Å². The van der Waals surface area contributed by atoms with Crippen LogP contribution in [0, 0.1) is 20.8 Å². The van der Waals surface area contributed by atoms with Crippen molar-refractivity contribution in [1.82, 2.24) is 0 Å². The third-order valence-electron chi connectivity index (χ3n) is 3.87. The van der Waals surface area contributed by atoms with Crippen LogP contribution in [-0.2, 0) is 4.79 Å². The van der Waals surface area contributed by atoms with Crippen LogP contribution in [0.3, 0.4) is 0 Å². The van der Waals surface area contributed by atoms with Crippen molar-refractivity contribution in [3.05, 3.63) is 69.6 Å². The van der Waals surface area contributed by atoms with Crippen molar-refractivity contribution in [2.45, 2.75) is 20.8 Å². The maximum atomic E-state index is 12.8. The van der Waals surface area contributed by atoms with Gasteiger partial charge in [-0.3, -0.25) is 9.69 Å². The summed E-state index contributed by atoms with van der Waals surface area (Å²) < 4.78 is 0.587. The second-order valence-corrected chi connectivity index (χ2v) is 7.34. The number of amides is 1. The SMILES string of the molecule is Cc1ccc(C)c(N2C(=O)/C(=C/c3ccccc3C)SC2=S)c1. The van der Waals surface area contributed by atoms with Gasteiger partial charge in [0, 0.05) is 0 Å². The Kier molecular flexibility index (Phi) is 4.37. The lowest BCUT2D eigenvalue weighted by atomic mass is 10.1. The van der Waals surface area contributed by atoms with E-state index < -0.39 is 0 Å². The average Bonchev–Trinajstić information content (AvgIpc) is 2.79. The van der Waals surface area contributed by atoms with E-state index in [0.717, 1.165) is 27.9 Å². The molecule has 1 saturated heterocycles. The fourth-order valence-corrected chi connectivity index (χ4v) is 3.80. The standard InChI is InChI=1S/C19H17NOS2/c1-12-8-9-14(3)16(10-12)20-18(21)17(23-19(20)22)11-15-7-5-4-6-13(15)2/h4-11H,1-3H3/b17-11-. The first kappa shape index (κ1) is 16.0. The Morgan fingerprint density at radius 2 is 1.78 bits per heavy atom. The highest BCUT2D eigenvalue weighted by molar-refractivity contribution is 8.27. The summed E-state index contributed by atoms with van der Waals surface area (Å²) in [5, 5.41) is 0. The van der Waals surface area contributed by atoms with E-state index in [4.69, 9.17) is 12.2 Å². The Bertz CT molecular complexity index is 839. The molecule has 0 unspecified atom stereocenters. The Morgan fingerprint density at radius 1 is 1.04 bits per heavy atom. The number of carbonyl (C=O) groups is 1. The predicted octanol–water partition coefficient (Wildman–Crippen LogP) is 5.02. The lowest BCUT2D eigenvalue weighted by Crippen LogP contribution is -2.28. The monoisotopic (exact) mass is 339 g/mol. The van der Waals surface area contributed by atoms with Gasteiger partial charge in [-0.25, -0.2) is 0 Å². The molecule has 1 aliphatic rings. The van der Waals surface area contributed by atoms with Gasteiger partial charge in [-0.2, -0.15) is 0 Å². The maximum Gasteiger partial charge on any atom is 0.270 e. The molecule has 4 heteroatoms. The summed E-state index contributed by atoms with van der Waals surface area (Å²) in [6.07, 6.45) is 1.93. The number of carbonyl (C=O) groups excluding carboxylic acids is 1. The number of aryl methyl sites for hydroxylation is 3. The number of anilines is 1. The second-order valence-electron chi connectivity index (χ2n) is 5.66. The van der Waals surface area contributed by atoms with Crippen molar-refractivity contribution in [1.29, 1.82) is 0 Å². The van der Waals surface area contributed by atoms with Crippen LogP contribution >= 0.6 is 24.0 Å². The van der Waals surface area contributed by atoms with Gasteiger partial charge in [0.2, 0.25) is 0 Å². The first-order valence-electron chi connectivity index (χ1n) is 7.38. The molecule has 0 saturated carbocycles. The zero-order valence-electron chi connectivity index (χ0n) is 13.3. The van der Waals surface area contributed by atoms with Crippen LogP contribution in [-0.4, -0.2) is 10.2 Å². The van der Waals surface area contributed by atoms with Gasteiger partial charge in [-0.05, 0) is 55.2 Å². The summed E-state index contributed by atoms with van der Waals surface area (Å²) in [4.78, 5) is 15.2. The molecule has 23 heavy (non-hydrogen) atoms. The van der Waals surface area contributed by atoms with E-state index in [2.05, 4.69) is 0 Å². The van der Waals surface area contributed by atoms with E-state index in [1.165, 1.54) is 11.8 Å². The van der Waals surface area contributed by atoms with Gasteiger partial charge in [-0.1, -0.05) is 60.4 Å². The van der Waals surface area contributed by atoms with Crippen molar-refractivity contribution in [2.75, 3.05) is 4.90 Å². The minimum Gasteiger partial charge on any atom is -0.268 e. The smallest absolute Gasteiger partial charge is 0.268 e. The van der Waals surface area contributed by atoms with E-state index >= 15 is 0 Å². The Hall–Kier alpha value is -1.91. The van der Waals surface area contributed by atoms with Gasteiger partial charge in [-0.15, -0.1) is 0 Å². The van der Waals surface area contributed by atoms with Gasteiger partial charge >= 0.3 is 0 Å². The minimum atomic E-state index is -0.0445. The van der Waals surface area contributed by atoms with E-state index in [-0.39, 0.29) is 5.91 Å². The molecular weight excluding hydrogens is 322 g/mol. The fraction of sp³-hybridized carbons (Fsp3) is 0.158. The molecule has 0 spiro atoms. The number of hydrogen-bond acceptors (Lipinski definition) is 3.